The molecule has 0 radical (unpaired) electrons. The molecule has 0 aromatic heterocycles. The summed E-state index contributed by atoms with van der Waals surface area (Å²) in [6.45, 7) is 0. The number of rotatable bonds is 2. The maximum absolute atomic E-state index is 12.1. The van der Waals surface area contributed by atoms with Crippen molar-refractivity contribution in [3.8, 4) is 0 Å². The average molecular weight is 303 g/mol. The maximum atomic E-state index is 12.1. The van der Waals surface area contributed by atoms with Crippen LogP contribution < -0.4 is 10.6 Å². The van der Waals surface area contributed by atoms with E-state index in [9.17, 15) is 9.90 Å². The fourth-order valence-electron chi connectivity index (χ4n) is 2.62. The van der Waals surface area contributed by atoms with Crippen molar-refractivity contribution in [2.24, 2.45) is 0 Å². The molecular formula is C16H15ClN2O2. The predicted octanol–water partition coefficient (Wildman–Crippen LogP) is 3.12. The summed E-state index contributed by atoms with van der Waals surface area (Å²) >= 11 is 5.88. The molecule has 0 saturated carbocycles. The summed E-state index contributed by atoms with van der Waals surface area (Å²) in [5.74, 6) is 0. The van der Waals surface area contributed by atoms with E-state index in [1.807, 2.05) is 24.3 Å². The molecule has 0 saturated heterocycles. The minimum Gasteiger partial charge on any atom is -0.390 e. The number of anilines is 1. The Morgan fingerprint density at radius 1 is 1.19 bits per heavy atom. The van der Waals surface area contributed by atoms with Gasteiger partial charge in [-0.3, -0.25) is 0 Å². The zero-order valence-electron chi connectivity index (χ0n) is 11.2. The monoisotopic (exact) mass is 302 g/mol. The standard InChI is InChI=1S/C16H15ClN2O2/c17-11-5-3-6-12(9-11)18-16(21)19-15-13-7-2-1-4-10(13)8-14(15)20/h1-7,9,14-15,20H,8H2,(H2,18,19,21)/t14-,15+/m0/s1. The third kappa shape index (κ3) is 3.01. The first-order valence-electron chi connectivity index (χ1n) is 6.72. The van der Waals surface area contributed by atoms with Gasteiger partial charge in [-0.2, -0.15) is 0 Å². The summed E-state index contributed by atoms with van der Waals surface area (Å²) in [6.07, 6.45) is -0.0503. The van der Waals surface area contributed by atoms with Gasteiger partial charge in [0.05, 0.1) is 12.1 Å². The Hall–Kier alpha value is -2.04. The fraction of sp³-hybridized carbons (Fsp3) is 0.188. The molecule has 108 valence electrons. The Morgan fingerprint density at radius 3 is 2.81 bits per heavy atom. The van der Waals surface area contributed by atoms with Gasteiger partial charge in [0.25, 0.3) is 0 Å². The molecule has 5 heteroatoms. The number of nitrogens with one attached hydrogen (secondary N) is 2. The van der Waals surface area contributed by atoms with Crippen LogP contribution in [0.25, 0.3) is 0 Å². The first-order valence-corrected chi connectivity index (χ1v) is 7.10. The summed E-state index contributed by atoms with van der Waals surface area (Å²) in [6, 6.07) is 13.9. The summed E-state index contributed by atoms with van der Waals surface area (Å²) in [5.41, 5.74) is 2.64. The lowest BCUT2D eigenvalue weighted by atomic mass is 10.1. The third-order valence-electron chi connectivity index (χ3n) is 3.57. The molecule has 0 unspecified atom stereocenters. The molecule has 2 aromatic carbocycles. The number of urea groups is 1. The van der Waals surface area contributed by atoms with Crippen LogP contribution in [0.15, 0.2) is 48.5 Å². The van der Waals surface area contributed by atoms with Gasteiger partial charge < -0.3 is 15.7 Å². The number of carbonyl (C=O) groups excluding carboxylic acids is 1. The van der Waals surface area contributed by atoms with Crippen LogP contribution in [0, 0.1) is 0 Å². The Kier molecular flexibility index (Phi) is 3.82. The number of fused-ring (bicyclic) bond motifs is 1. The van der Waals surface area contributed by atoms with Crippen LogP contribution in [-0.4, -0.2) is 17.2 Å². The normalized spacial score (nSPS) is 19.9. The summed E-state index contributed by atoms with van der Waals surface area (Å²) in [4.78, 5) is 12.1. The summed E-state index contributed by atoms with van der Waals surface area (Å²) in [7, 11) is 0. The summed E-state index contributed by atoms with van der Waals surface area (Å²) in [5, 5.41) is 16.2. The van der Waals surface area contributed by atoms with Crippen LogP contribution in [0.2, 0.25) is 5.02 Å². The fourth-order valence-corrected chi connectivity index (χ4v) is 2.81. The first kappa shape index (κ1) is 13.9. The molecule has 0 fully saturated rings. The highest BCUT2D eigenvalue weighted by Crippen LogP contribution is 2.31. The lowest BCUT2D eigenvalue weighted by molar-refractivity contribution is 0.144. The van der Waals surface area contributed by atoms with Gasteiger partial charge >= 0.3 is 6.03 Å². The summed E-state index contributed by atoms with van der Waals surface area (Å²) < 4.78 is 0. The zero-order valence-corrected chi connectivity index (χ0v) is 12.0. The number of amides is 2. The minimum atomic E-state index is -0.604. The van der Waals surface area contributed by atoms with E-state index in [1.54, 1.807) is 24.3 Å². The van der Waals surface area contributed by atoms with Crippen LogP contribution in [0.5, 0.6) is 0 Å². The number of benzene rings is 2. The minimum absolute atomic E-state index is 0.363. The number of halogens is 1. The molecule has 0 spiro atoms. The van der Waals surface area contributed by atoms with Crippen molar-refractivity contribution in [1.29, 1.82) is 0 Å². The van der Waals surface area contributed by atoms with Crippen molar-refractivity contribution in [1.82, 2.24) is 5.32 Å². The largest absolute Gasteiger partial charge is 0.390 e. The van der Waals surface area contributed by atoms with Gasteiger partial charge in [-0.05, 0) is 29.3 Å². The third-order valence-corrected chi connectivity index (χ3v) is 3.81. The molecule has 3 rings (SSSR count). The second-order valence-electron chi connectivity index (χ2n) is 5.06. The molecule has 0 aliphatic heterocycles. The average Bonchev–Trinajstić information content (AvgIpc) is 2.75. The second kappa shape index (κ2) is 5.76. The Bertz CT molecular complexity index is 675. The molecule has 2 atom stereocenters. The molecule has 0 heterocycles. The molecule has 3 N–H and O–H groups in total. The number of aliphatic hydroxyl groups excluding tert-OH is 1. The highest BCUT2D eigenvalue weighted by molar-refractivity contribution is 6.30. The Balaban J connectivity index is 1.70. The Morgan fingerprint density at radius 2 is 2.00 bits per heavy atom. The molecule has 0 bridgehead atoms. The number of hydrogen-bond acceptors (Lipinski definition) is 2. The topological polar surface area (TPSA) is 61.4 Å². The smallest absolute Gasteiger partial charge is 0.319 e. The highest BCUT2D eigenvalue weighted by Gasteiger charge is 2.31. The maximum Gasteiger partial charge on any atom is 0.319 e. The van der Waals surface area contributed by atoms with Crippen molar-refractivity contribution in [3.63, 3.8) is 0 Å². The van der Waals surface area contributed by atoms with E-state index < -0.39 is 6.10 Å². The van der Waals surface area contributed by atoms with E-state index in [0.717, 1.165) is 11.1 Å². The van der Waals surface area contributed by atoms with E-state index in [0.29, 0.717) is 17.1 Å². The molecular weight excluding hydrogens is 288 g/mol. The van der Waals surface area contributed by atoms with Gasteiger partial charge in [0.2, 0.25) is 0 Å². The van der Waals surface area contributed by atoms with Crippen molar-refractivity contribution >= 4 is 23.3 Å². The van der Waals surface area contributed by atoms with Crippen molar-refractivity contribution < 1.29 is 9.90 Å². The van der Waals surface area contributed by atoms with Crippen molar-refractivity contribution in [3.05, 3.63) is 64.7 Å². The van der Waals surface area contributed by atoms with Gasteiger partial charge in [-0.15, -0.1) is 0 Å². The number of carbonyl (C=O) groups is 1. The van der Waals surface area contributed by atoms with Crippen molar-refractivity contribution in [2.75, 3.05) is 5.32 Å². The van der Waals surface area contributed by atoms with Crippen LogP contribution in [0.1, 0.15) is 17.2 Å². The lowest BCUT2D eigenvalue weighted by Crippen LogP contribution is -2.36. The van der Waals surface area contributed by atoms with Gasteiger partial charge in [-0.1, -0.05) is 41.9 Å². The van der Waals surface area contributed by atoms with E-state index in [4.69, 9.17) is 11.6 Å². The van der Waals surface area contributed by atoms with Crippen LogP contribution in [-0.2, 0) is 6.42 Å². The molecule has 21 heavy (non-hydrogen) atoms. The lowest BCUT2D eigenvalue weighted by Gasteiger charge is -2.18. The van der Waals surface area contributed by atoms with Gasteiger partial charge in [0, 0.05) is 17.1 Å². The van der Waals surface area contributed by atoms with Crippen LogP contribution >= 0.6 is 11.6 Å². The molecule has 1 aliphatic rings. The van der Waals surface area contributed by atoms with Gasteiger partial charge in [0.1, 0.15) is 0 Å². The van der Waals surface area contributed by atoms with Crippen LogP contribution in [0.3, 0.4) is 0 Å². The van der Waals surface area contributed by atoms with Crippen LogP contribution in [0.4, 0.5) is 10.5 Å². The predicted molar refractivity (Wildman–Crippen MR) is 82.5 cm³/mol. The highest BCUT2D eigenvalue weighted by atomic mass is 35.5. The van der Waals surface area contributed by atoms with Crippen molar-refractivity contribution in [2.45, 2.75) is 18.6 Å². The van der Waals surface area contributed by atoms with E-state index in [2.05, 4.69) is 10.6 Å². The molecule has 2 amide bonds. The molecule has 2 aromatic rings. The Labute approximate surface area is 127 Å². The quantitative estimate of drug-likeness (QED) is 0.798. The van der Waals surface area contributed by atoms with Gasteiger partial charge in [0.15, 0.2) is 0 Å². The van der Waals surface area contributed by atoms with E-state index in [-0.39, 0.29) is 12.1 Å². The molecule has 1 aliphatic carbocycles. The van der Waals surface area contributed by atoms with Gasteiger partial charge in [-0.25, -0.2) is 4.79 Å². The van der Waals surface area contributed by atoms with E-state index in [1.165, 1.54) is 0 Å². The number of hydrogen-bond donors (Lipinski definition) is 3. The van der Waals surface area contributed by atoms with E-state index >= 15 is 0 Å². The SMILES string of the molecule is O=C(Nc1cccc(Cl)c1)N[C@@H]1c2ccccc2C[C@@H]1O. The first-order chi connectivity index (χ1) is 10.1. The number of aliphatic hydroxyl groups is 1. The second-order valence-corrected chi connectivity index (χ2v) is 5.49. The zero-order chi connectivity index (χ0) is 14.8. The molecule has 4 nitrogen and oxygen atoms in total.